The highest BCUT2D eigenvalue weighted by molar-refractivity contribution is 14.1. The third kappa shape index (κ3) is 1.74. The van der Waals surface area contributed by atoms with Crippen LogP contribution >= 0.6 is 34.2 Å². The van der Waals surface area contributed by atoms with Crippen molar-refractivity contribution in [2.75, 3.05) is 0 Å². The van der Waals surface area contributed by atoms with E-state index in [0.29, 0.717) is 18.6 Å². The van der Waals surface area contributed by atoms with Gasteiger partial charge in [0.1, 0.15) is 5.78 Å². The van der Waals surface area contributed by atoms with Gasteiger partial charge in [-0.2, -0.15) is 0 Å². The van der Waals surface area contributed by atoms with E-state index in [4.69, 9.17) is 11.6 Å². The SMILES string of the molecule is O=C1CCc2ccc(I)c(Cl)c2C1. The molecule has 0 amide bonds. The summed E-state index contributed by atoms with van der Waals surface area (Å²) in [6, 6.07) is 4.09. The Morgan fingerprint density at radius 3 is 2.85 bits per heavy atom. The van der Waals surface area contributed by atoms with E-state index in [2.05, 4.69) is 28.7 Å². The number of hydrogen-bond acceptors (Lipinski definition) is 1. The molecular weight excluding hydrogens is 298 g/mol. The van der Waals surface area contributed by atoms with E-state index in [9.17, 15) is 4.79 Å². The van der Waals surface area contributed by atoms with Crippen LogP contribution in [-0.4, -0.2) is 5.78 Å². The molecule has 0 N–H and O–H groups in total. The highest BCUT2D eigenvalue weighted by Crippen LogP contribution is 2.30. The van der Waals surface area contributed by atoms with Gasteiger partial charge >= 0.3 is 0 Å². The lowest BCUT2D eigenvalue weighted by Gasteiger charge is -2.16. The number of carbonyl (C=O) groups excluding carboxylic acids is 1. The van der Waals surface area contributed by atoms with Gasteiger partial charge in [-0.25, -0.2) is 0 Å². The van der Waals surface area contributed by atoms with Crippen LogP contribution in [-0.2, 0) is 17.6 Å². The molecule has 0 saturated heterocycles. The third-order valence-corrected chi connectivity index (χ3v) is 3.99. The van der Waals surface area contributed by atoms with Gasteiger partial charge in [0.05, 0.1) is 5.02 Å². The number of hydrogen-bond donors (Lipinski definition) is 0. The molecule has 2 rings (SSSR count). The number of ketones is 1. The molecule has 68 valence electrons. The fourth-order valence-electron chi connectivity index (χ4n) is 1.62. The molecule has 0 unspecified atom stereocenters. The minimum absolute atomic E-state index is 0.302. The smallest absolute Gasteiger partial charge is 0.137 e. The fourth-order valence-corrected chi connectivity index (χ4v) is 2.37. The maximum Gasteiger partial charge on any atom is 0.137 e. The lowest BCUT2D eigenvalue weighted by molar-refractivity contribution is -0.118. The normalized spacial score (nSPS) is 15.7. The first kappa shape index (κ1) is 9.46. The summed E-state index contributed by atoms with van der Waals surface area (Å²) < 4.78 is 1.03. The summed E-state index contributed by atoms with van der Waals surface area (Å²) >= 11 is 8.31. The Morgan fingerprint density at radius 2 is 2.08 bits per heavy atom. The summed E-state index contributed by atoms with van der Waals surface area (Å²) in [7, 11) is 0. The van der Waals surface area contributed by atoms with Crippen LogP contribution < -0.4 is 0 Å². The van der Waals surface area contributed by atoms with Gasteiger partial charge in [0.2, 0.25) is 0 Å². The van der Waals surface area contributed by atoms with Crippen molar-refractivity contribution >= 4 is 40.0 Å². The van der Waals surface area contributed by atoms with Crippen LogP contribution in [0.2, 0.25) is 5.02 Å². The van der Waals surface area contributed by atoms with E-state index in [-0.39, 0.29) is 0 Å². The topological polar surface area (TPSA) is 17.1 Å². The average molecular weight is 307 g/mol. The molecule has 0 spiro atoms. The Hall–Kier alpha value is -0.0900. The highest BCUT2D eigenvalue weighted by Gasteiger charge is 2.18. The quantitative estimate of drug-likeness (QED) is 0.674. The van der Waals surface area contributed by atoms with Crippen molar-refractivity contribution in [2.24, 2.45) is 0 Å². The highest BCUT2D eigenvalue weighted by atomic mass is 127. The number of benzene rings is 1. The number of rotatable bonds is 0. The van der Waals surface area contributed by atoms with E-state index < -0.39 is 0 Å². The standard InChI is InChI=1S/C10H8ClIO/c11-10-8-5-7(13)3-1-6(8)2-4-9(10)12/h2,4H,1,3,5H2. The molecule has 13 heavy (non-hydrogen) atoms. The monoisotopic (exact) mass is 306 g/mol. The van der Waals surface area contributed by atoms with Crippen molar-refractivity contribution < 1.29 is 4.79 Å². The van der Waals surface area contributed by atoms with Crippen LogP contribution in [0.5, 0.6) is 0 Å². The van der Waals surface area contributed by atoms with Gasteiger partial charge in [0, 0.05) is 16.4 Å². The van der Waals surface area contributed by atoms with Gasteiger partial charge in [-0.3, -0.25) is 4.79 Å². The average Bonchev–Trinajstić information content (AvgIpc) is 2.12. The van der Waals surface area contributed by atoms with Crippen LogP contribution in [0, 0.1) is 3.57 Å². The third-order valence-electron chi connectivity index (χ3n) is 2.34. The summed E-state index contributed by atoms with van der Waals surface area (Å²) in [5.74, 6) is 0.302. The predicted octanol–water partition coefficient (Wildman–Crippen LogP) is 3.00. The van der Waals surface area contributed by atoms with Crippen molar-refractivity contribution in [1.29, 1.82) is 0 Å². The van der Waals surface area contributed by atoms with Crippen LogP contribution in [0.3, 0.4) is 0 Å². The van der Waals surface area contributed by atoms with Crippen molar-refractivity contribution in [1.82, 2.24) is 0 Å². The second-order valence-corrected chi connectivity index (χ2v) is 4.75. The summed E-state index contributed by atoms with van der Waals surface area (Å²) in [5.41, 5.74) is 2.29. The van der Waals surface area contributed by atoms with Gasteiger partial charge in [0.25, 0.3) is 0 Å². The molecule has 1 nitrogen and oxygen atoms in total. The van der Waals surface area contributed by atoms with E-state index in [1.54, 1.807) is 0 Å². The molecule has 1 aromatic carbocycles. The molecule has 0 fully saturated rings. The van der Waals surface area contributed by atoms with E-state index in [0.717, 1.165) is 20.6 Å². The van der Waals surface area contributed by atoms with Gasteiger partial charge in [-0.05, 0) is 46.2 Å². The summed E-state index contributed by atoms with van der Waals surface area (Å²) in [4.78, 5) is 11.2. The lowest BCUT2D eigenvalue weighted by Crippen LogP contribution is -2.13. The van der Waals surface area contributed by atoms with Gasteiger partial charge in [-0.15, -0.1) is 0 Å². The summed E-state index contributed by atoms with van der Waals surface area (Å²) in [5, 5.41) is 0.770. The largest absolute Gasteiger partial charge is 0.299 e. The van der Waals surface area contributed by atoms with Crippen molar-refractivity contribution in [2.45, 2.75) is 19.3 Å². The minimum atomic E-state index is 0.302. The molecule has 0 aliphatic heterocycles. The second kappa shape index (κ2) is 3.58. The Morgan fingerprint density at radius 1 is 1.31 bits per heavy atom. The molecule has 0 saturated carbocycles. The molecule has 1 aliphatic carbocycles. The van der Waals surface area contributed by atoms with Crippen LogP contribution in [0.4, 0.5) is 0 Å². The molecule has 0 aromatic heterocycles. The van der Waals surface area contributed by atoms with Gasteiger partial charge in [0.15, 0.2) is 0 Å². The van der Waals surface area contributed by atoms with Crippen molar-refractivity contribution in [3.63, 3.8) is 0 Å². The zero-order valence-corrected chi connectivity index (χ0v) is 9.85. The van der Waals surface area contributed by atoms with Crippen molar-refractivity contribution in [3.8, 4) is 0 Å². The Bertz CT molecular complexity index is 373. The number of aryl methyl sites for hydroxylation is 1. The zero-order valence-electron chi connectivity index (χ0n) is 6.94. The maximum atomic E-state index is 11.2. The molecule has 0 bridgehead atoms. The maximum absolute atomic E-state index is 11.2. The van der Waals surface area contributed by atoms with Crippen LogP contribution in [0.25, 0.3) is 0 Å². The number of carbonyl (C=O) groups is 1. The molecule has 0 radical (unpaired) electrons. The predicted molar refractivity (Wildman–Crippen MR) is 61.2 cm³/mol. The fraction of sp³-hybridized carbons (Fsp3) is 0.300. The van der Waals surface area contributed by atoms with Crippen LogP contribution in [0.1, 0.15) is 17.5 Å². The van der Waals surface area contributed by atoms with Gasteiger partial charge < -0.3 is 0 Å². The lowest BCUT2D eigenvalue weighted by atomic mass is 9.91. The van der Waals surface area contributed by atoms with E-state index in [1.165, 1.54) is 5.56 Å². The first-order chi connectivity index (χ1) is 6.18. The molecule has 0 heterocycles. The molecule has 3 heteroatoms. The Balaban J connectivity index is 2.54. The summed E-state index contributed by atoms with van der Waals surface area (Å²) in [6.45, 7) is 0. The second-order valence-electron chi connectivity index (χ2n) is 3.21. The molecular formula is C10H8ClIO. The molecule has 1 aromatic rings. The van der Waals surface area contributed by atoms with Crippen LogP contribution in [0.15, 0.2) is 12.1 Å². The molecule has 1 aliphatic rings. The first-order valence-corrected chi connectivity index (χ1v) is 5.61. The first-order valence-electron chi connectivity index (χ1n) is 4.16. The minimum Gasteiger partial charge on any atom is -0.299 e. The molecule has 0 atom stereocenters. The number of fused-ring (bicyclic) bond motifs is 1. The summed E-state index contributed by atoms with van der Waals surface area (Å²) in [6.07, 6.45) is 2.04. The van der Waals surface area contributed by atoms with Gasteiger partial charge in [-0.1, -0.05) is 17.7 Å². The van der Waals surface area contributed by atoms with Crippen molar-refractivity contribution in [3.05, 3.63) is 31.9 Å². The Kier molecular flexibility index (Phi) is 2.60. The number of halogens is 2. The Labute approximate surface area is 95.6 Å². The number of Topliss-reactive ketones (excluding diaryl/α,β-unsaturated/α-hetero) is 1. The van der Waals surface area contributed by atoms with E-state index >= 15 is 0 Å². The van der Waals surface area contributed by atoms with E-state index in [1.807, 2.05) is 6.07 Å². The zero-order chi connectivity index (χ0) is 9.42.